The molecule has 0 saturated carbocycles. The van der Waals surface area contributed by atoms with E-state index in [4.69, 9.17) is 0 Å². The lowest BCUT2D eigenvalue weighted by Crippen LogP contribution is -2.36. The van der Waals surface area contributed by atoms with Gasteiger partial charge in [0.1, 0.15) is 5.82 Å². The second kappa shape index (κ2) is 6.41. The quantitative estimate of drug-likeness (QED) is 0.710. The summed E-state index contributed by atoms with van der Waals surface area (Å²) < 4.78 is 15.3. The lowest BCUT2D eigenvalue weighted by atomic mass is 10.1. The molecule has 0 spiro atoms. The lowest BCUT2D eigenvalue weighted by Gasteiger charge is -2.27. The number of fused-ring (bicyclic) bond motifs is 1. The fourth-order valence-electron chi connectivity index (χ4n) is 3.08. The number of aromatic nitrogens is 2. The van der Waals surface area contributed by atoms with E-state index in [1.54, 1.807) is 0 Å². The van der Waals surface area contributed by atoms with E-state index in [1.165, 1.54) is 28.8 Å². The molecular formula is C19H22FN3. The molecule has 0 N–H and O–H groups in total. The standard InChI is InChI=1S/C19H22FN3/c1-4-22(12-10-16-5-7-17(20)8-6-16)23-15(3)14(2)18-9-11-21-13-19(18)23/h5-9,11,13H,4,10,12H2,1-3H3. The van der Waals surface area contributed by atoms with Crippen LogP contribution in [0.15, 0.2) is 42.7 Å². The maximum Gasteiger partial charge on any atom is 0.123 e. The van der Waals surface area contributed by atoms with Gasteiger partial charge in [0.15, 0.2) is 0 Å². The lowest BCUT2D eigenvalue weighted by molar-refractivity contribution is 0.601. The summed E-state index contributed by atoms with van der Waals surface area (Å²) in [5, 5.41) is 3.56. The van der Waals surface area contributed by atoms with Crippen LogP contribution in [0.4, 0.5) is 4.39 Å². The van der Waals surface area contributed by atoms with Gasteiger partial charge in [-0.2, -0.15) is 0 Å². The Balaban J connectivity index is 1.89. The second-order valence-electron chi connectivity index (χ2n) is 5.84. The fraction of sp³-hybridized carbons (Fsp3) is 0.316. The molecule has 3 nitrogen and oxygen atoms in total. The molecule has 0 aliphatic heterocycles. The third kappa shape index (κ3) is 2.93. The smallest absolute Gasteiger partial charge is 0.123 e. The first-order chi connectivity index (χ1) is 11.1. The van der Waals surface area contributed by atoms with E-state index in [9.17, 15) is 4.39 Å². The molecule has 0 amide bonds. The molecule has 0 bridgehead atoms. The molecule has 0 fully saturated rings. The van der Waals surface area contributed by atoms with Gasteiger partial charge in [0, 0.05) is 30.4 Å². The predicted molar refractivity (Wildman–Crippen MR) is 92.9 cm³/mol. The first kappa shape index (κ1) is 15.5. The highest BCUT2D eigenvalue weighted by Crippen LogP contribution is 2.24. The van der Waals surface area contributed by atoms with Gasteiger partial charge in [-0.15, -0.1) is 0 Å². The molecular weight excluding hydrogens is 289 g/mol. The summed E-state index contributed by atoms with van der Waals surface area (Å²) in [4.78, 5) is 4.28. The Bertz CT molecular complexity index is 805. The number of hydrogen-bond donors (Lipinski definition) is 0. The maximum absolute atomic E-state index is 13.0. The van der Waals surface area contributed by atoms with E-state index in [-0.39, 0.29) is 5.82 Å². The van der Waals surface area contributed by atoms with Crippen LogP contribution in [0.1, 0.15) is 23.7 Å². The zero-order valence-electron chi connectivity index (χ0n) is 13.9. The maximum atomic E-state index is 13.0. The van der Waals surface area contributed by atoms with Crippen LogP contribution in [0.5, 0.6) is 0 Å². The molecule has 3 aromatic rings. The molecule has 2 heterocycles. The normalized spacial score (nSPS) is 11.1. The van der Waals surface area contributed by atoms with Crippen molar-refractivity contribution in [2.75, 3.05) is 18.1 Å². The van der Waals surface area contributed by atoms with Crippen molar-refractivity contribution >= 4 is 10.9 Å². The van der Waals surface area contributed by atoms with Gasteiger partial charge in [0.2, 0.25) is 0 Å². The molecule has 120 valence electrons. The molecule has 4 heteroatoms. The molecule has 0 saturated heterocycles. The van der Waals surface area contributed by atoms with Gasteiger partial charge in [-0.3, -0.25) is 9.66 Å². The van der Waals surface area contributed by atoms with Crippen LogP contribution in [0.25, 0.3) is 10.9 Å². The Kier molecular flexibility index (Phi) is 4.33. The average molecular weight is 311 g/mol. The van der Waals surface area contributed by atoms with Crippen LogP contribution in [0.2, 0.25) is 0 Å². The van der Waals surface area contributed by atoms with Crippen LogP contribution in [0, 0.1) is 19.7 Å². The number of rotatable bonds is 5. The summed E-state index contributed by atoms with van der Waals surface area (Å²) in [5.41, 5.74) is 4.83. The zero-order valence-corrected chi connectivity index (χ0v) is 13.9. The topological polar surface area (TPSA) is 21.1 Å². The van der Waals surface area contributed by atoms with E-state index in [1.807, 2.05) is 24.5 Å². The number of halogens is 1. The second-order valence-corrected chi connectivity index (χ2v) is 5.84. The number of hydrogen-bond acceptors (Lipinski definition) is 2. The Morgan fingerprint density at radius 2 is 1.87 bits per heavy atom. The zero-order chi connectivity index (χ0) is 16.4. The van der Waals surface area contributed by atoms with E-state index >= 15 is 0 Å². The van der Waals surface area contributed by atoms with Crippen LogP contribution in [0.3, 0.4) is 0 Å². The molecule has 0 unspecified atom stereocenters. The molecule has 1 aromatic carbocycles. The van der Waals surface area contributed by atoms with E-state index in [2.05, 4.69) is 41.5 Å². The molecule has 0 radical (unpaired) electrons. The predicted octanol–water partition coefficient (Wildman–Crippen LogP) is 3.99. The number of benzene rings is 1. The largest absolute Gasteiger partial charge is 0.312 e. The molecule has 0 atom stereocenters. The minimum Gasteiger partial charge on any atom is -0.312 e. The molecule has 3 rings (SSSR count). The third-order valence-corrected chi connectivity index (χ3v) is 4.51. The van der Waals surface area contributed by atoms with Crippen molar-refractivity contribution in [2.24, 2.45) is 0 Å². The molecule has 0 aliphatic rings. The molecule has 0 aliphatic carbocycles. The van der Waals surface area contributed by atoms with Crippen molar-refractivity contribution in [2.45, 2.75) is 27.2 Å². The molecule has 2 aromatic heterocycles. The van der Waals surface area contributed by atoms with E-state index in [0.717, 1.165) is 30.6 Å². The van der Waals surface area contributed by atoms with Crippen molar-refractivity contribution in [3.05, 3.63) is 65.4 Å². The minimum atomic E-state index is -0.185. The van der Waals surface area contributed by atoms with Gasteiger partial charge in [0.25, 0.3) is 0 Å². The van der Waals surface area contributed by atoms with Gasteiger partial charge in [-0.25, -0.2) is 4.39 Å². The summed E-state index contributed by atoms with van der Waals surface area (Å²) in [6.07, 6.45) is 4.65. The highest BCUT2D eigenvalue weighted by atomic mass is 19.1. The van der Waals surface area contributed by atoms with Crippen LogP contribution >= 0.6 is 0 Å². The van der Waals surface area contributed by atoms with Gasteiger partial charge in [0.05, 0.1) is 11.7 Å². The summed E-state index contributed by atoms with van der Waals surface area (Å²) in [7, 11) is 0. The third-order valence-electron chi connectivity index (χ3n) is 4.51. The van der Waals surface area contributed by atoms with Gasteiger partial charge >= 0.3 is 0 Å². The van der Waals surface area contributed by atoms with Crippen LogP contribution in [-0.4, -0.2) is 22.7 Å². The first-order valence-electron chi connectivity index (χ1n) is 8.03. The fourth-order valence-corrected chi connectivity index (χ4v) is 3.08. The average Bonchev–Trinajstić information content (AvgIpc) is 2.83. The Morgan fingerprint density at radius 1 is 1.13 bits per heavy atom. The van der Waals surface area contributed by atoms with Crippen LogP contribution in [-0.2, 0) is 6.42 Å². The van der Waals surface area contributed by atoms with E-state index in [0.29, 0.717) is 0 Å². The monoisotopic (exact) mass is 311 g/mol. The highest BCUT2D eigenvalue weighted by molar-refractivity contribution is 5.84. The highest BCUT2D eigenvalue weighted by Gasteiger charge is 2.15. The van der Waals surface area contributed by atoms with Gasteiger partial charge in [-0.05, 0) is 56.5 Å². The number of likely N-dealkylation sites (N-methyl/N-ethyl adjacent to an activating group) is 1. The summed E-state index contributed by atoms with van der Waals surface area (Å²) in [5.74, 6) is -0.185. The van der Waals surface area contributed by atoms with Crippen LogP contribution < -0.4 is 5.01 Å². The van der Waals surface area contributed by atoms with Crippen molar-refractivity contribution in [3.8, 4) is 0 Å². The SMILES string of the molecule is CCN(CCc1ccc(F)cc1)n1c(C)c(C)c2ccncc21. The first-order valence-corrected chi connectivity index (χ1v) is 8.03. The summed E-state index contributed by atoms with van der Waals surface area (Å²) in [6, 6.07) is 8.83. The Labute approximate surface area is 136 Å². The number of nitrogens with zero attached hydrogens (tertiary/aromatic N) is 3. The number of pyridine rings is 1. The number of aryl methyl sites for hydroxylation is 1. The molecule has 23 heavy (non-hydrogen) atoms. The van der Waals surface area contributed by atoms with Crippen molar-refractivity contribution in [1.29, 1.82) is 0 Å². The van der Waals surface area contributed by atoms with Crippen molar-refractivity contribution in [1.82, 2.24) is 9.66 Å². The Morgan fingerprint density at radius 3 is 2.57 bits per heavy atom. The minimum absolute atomic E-state index is 0.185. The van der Waals surface area contributed by atoms with Gasteiger partial charge < -0.3 is 5.01 Å². The van der Waals surface area contributed by atoms with Crippen molar-refractivity contribution < 1.29 is 4.39 Å². The summed E-state index contributed by atoms with van der Waals surface area (Å²) >= 11 is 0. The van der Waals surface area contributed by atoms with E-state index < -0.39 is 0 Å². The summed E-state index contributed by atoms with van der Waals surface area (Å²) in [6.45, 7) is 8.24. The van der Waals surface area contributed by atoms with Gasteiger partial charge in [-0.1, -0.05) is 12.1 Å². The van der Waals surface area contributed by atoms with Crippen molar-refractivity contribution in [3.63, 3.8) is 0 Å². The Hall–Kier alpha value is -2.36.